The summed E-state index contributed by atoms with van der Waals surface area (Å²) in [4.78, 5) is 36.8. The van der Waals surface area contributed by atoms with E-state index >= 15 is 0 Å². The van der Waals surface area contributed by atoms with E-state index in [2.05, 4.69) is 10.6 Å². The van der Waals surface area contributed by atoms with Crippen LogP contribution in [0.4, 0.5) is 0 Å². The lowest BCUT2D eigenvalue weighted by Crippen LogP contribution is -2.48. The highest BCUT2D eigenvalue weighted by Gasteiger charge is 2.41. The summed E-state index contributed by atoms with van der Waals surface area (Å²) in [7, 11) is 0. The predicted octanol–water partition coefficient (Wildman–Crippen LogP) is -1.64. The van der Waals surface area contributed by atoms with Crippen molar-refractivity contribution in [3.63, 3.8) is 0 Å². The van der Waals surface area contributed by atoms with Crippen LogP contribution in [0.15, 0.2) is 0 Å². The summed E-state index contributed by atoms with van der Waals surface area (Å²) in [5, 5.41) is 14.8. The molecule has 0 aromatic heterocycles. The number of amides is 3. The van der Waals surface area contributed by atoms with Crippen molar-refractivity contribution in [1.29, 1.82) is 0 Å². The van der Waals surface area contributed by atoms with Crippen molar-refractivity contribution in [2.75, 3.05) is 6.54 Å². The SMILES string of the molecule is CC(C)N1C(=O)CC(NC(=O)C2CC(O)CN2)C1=O. The number of β-amino-alcohol motifs (C(OH)–C–C–N with tert-alkyl or cyclic N) is 1. The highest BCUT2D eigenvalue weighted by molar-refractivity contribution is 6.07. The third-order valence-electron chi connectivity index (χ3n) is 3.44. The minimum absolute atomic E-state index is 0.0119. The van der Waals surface area contributed by atoms with E-state index in [1.165, 1.54) is 4.90 Å². The number of rotatable bonds is 3. The first kappa shape index (κ1) is 14.0. The monoisotopic (exact) mass is 269 g/mol. The summed E-state index contributed by atoms with van der Waals surface area (Å²) >= 11 is 0. The number of nitrogens with zero attached hydrogens (tertiary/aromatic N) is 1. The van der Waals surface area contributed by atoms with E-state index in [1.807, 2.05) is 0 Å². The Balaban J connectivity index is 1.95. The van der Waals surface area contributed by atoms with Gasteiger partial charge in [-0.15, -0.1) is 0 Å². The summed E-state index contributed by atoms with van der Waals surface area (Å²) in [5.74, 6) is -0.954. The highest BCUT2D eigenvalue weighted by Crippen LogP contribution is 2.17. The zero-order valence-electron chi connectivity index (χ0n) is 11.0. The zero-order valence-corrected chi connectivity index (χ0v) is 11.0. The Kier molecular flexibility index (Phi) is 3.86. The van der Waals surface area contributed by atoms with E-state index in [0.29, 0.717) is 13.0 Å². The molecule has 0 aromatic rings. The van der Waals surface area contributed by atoms with Gasteiger partial charge in [-0.1, -0.05) is 0 Å². The smallest absolute Gasteiger partial charge is 0.252 e. The molecule has 2 fully saturated rings. The molecule has 7 nitrogen and oxygen atoms in total. The van der Waals surface area contributed by atoms with Crippen molar-refractivity contribution >= 4 is 17.7 Å². The van der Waals surface area contributed by atoms with Crippen LogP contribution >= 0.6 is 0 Å². The van der Waals surface area contributed by atoms with Gasteiger partial charge in [0, 0.05) is 12.6 Å². The molecule has 0 aromatic carbocycles. The van der Waals surface area contributed by atoms with Crippen LogP contribution in [0.5, 0.6) is 0 Å². The molecule has 7 heteroatoms. The van der Waals surface area contributed by atoms with Crippen molar-refractivity contribution in [2.24, 2.45) is 0 Å². The Labute approximate surface area is 111 Å². The molecule has 2 aliphatic rings. The molecule has 0 bridgehead atoms. The predicted molar refractivity (Wildman–Crippen MR) is 66.0 cm³/mol. The average Bonchev–Trinajstić information content (AvgIpc) is 2.84. The Hall–Kier alpha value is -1.47. The molecule has 0 saturated carbocycles. The third kappa shape index (κ3) is 2.76. The third-order valence-corrected chi connectivity index (χ3v) is 3.44. The highest BCUT2D eigenvalue weighted by atomic mass is 16.3. The van der Waals surface area contributed by atoms with Gasteiger partial charge in [0.25, 0.3) is 5.91 Å². The van der Waals surface area contributed by atoms with E-state index in [-0.39, 0.29) is 30.2 Å². The lowest BCUT2D eigenvalue weighted by atomic mass is 10.1. The molecule has 3 amide bonds. The van der Waals surface area contributed by atoms with E-state index in [9.17, 15) is 19.5 Å². The Morgan fingerprint density at radius 1 is 1.47 bits per heavy atom. The molecule has 3 N–H and O–H groups in total. The van der Waals surface area contributed by atoms with E-state index in [4.69, 9.17) is 0 Å². The molecule has 0 aliphatic carbocycles. The van der Waals surface area contributed by atoms with Crippen LogP contribution in [0, 0.1) is 0 Å². The summed E-state index contributed by atoms with van der Waals surface area (Å²) in [6.45, 7) is 3.89. The van der Waals surface area contributed by atoms with Crippen LogP contribution in [0.2, 0.25) is 0 Å². The second-order valence-electron chi connectivity index (χ2n) is 5.31. The lowest BCUT2D eigenvalue weighted by Gasteiger charge is -2.19. The normalized spacial score (nSPS) is 31.4. The van der Waals surface area contributed by atoms with Crippen LogP contribution in [-0.4, -0.2) is 58.5 Å². The lowest BCUT2D eigenvalue weighted by molar-refractivity contribution is -0.141. The van der Waals surface area contributed by atoms with Crippen LogP contribution < -0.4 is 10.6 Å². The van der Waals surface area contributed by atoms with E-state index in [0.717, 1.165) is 0 Å². The summed E-state index contributed by atoms with van der Waals surface area (Å²) in [6, 6.07) is -1.47. The second kappa shape index (κ2) is 5.26. The molecule has 2 rings (SSSR count). The van der Waals surface area contributed by atoms with Crippen molar-refractivity contribution in [1.82, 2.24) is 15.5 Å². The molecule has 0 radical (unpaired) electrons. The van der Waals surface area contributed by atoms with E-state index in [1.54, 1.807) is 13.8 Å². The van der Waals surface area contributed by atoms with Crippen molar-refractivity contribution in [3.8, 4) is 0 Å². The topological polar surface area (TPSA) is 98.7 Å². The maximum atomic E-state index is 12.0. The fourth-order valence-electron chi connectivity index (χ4n) is 2.50. The number of likely N-dealkylation sites (tertiary alicyclic amines) is 1. The standard InChI is InChI=1S/C12H19N3O4/c1-6(2)15-10(17)4-9(12(15)19)14-11(18)8-3-7(16)5-13-8/h6-9,13,16H,3-5H2,1-2H3,(H,14,18). The first-order valence-corrected chi connectivity index (χ1v) is 6.48. The second-order valence-corrected chi connectivity index (χ2v) is 5.31. The van der Waals surface area contributed by atoms with Gasteiger partial charge >= 0.3 is 0 Å². The van der Waals surface area contributed by atoms with Gasteiger partial charge in [-0.2, -0.15) is 0 Å². The molecule has 106 valence electrons. The molecule has 19 heavy (non-hydrogen) atoms. The van der Waals surface area contributed by atoms with Gasteiger partial charge in [0.15, 0.2) is 0 Å². The van der Waals surface area contributed by atoms with Gasteiger partial charge in [-0.05, 0) is 20.3 Å². The molecule has 2 aliphatic heterocycles. The van der Waals surface area contributed by atoms with Crippen LogP contribution in [0.1, 0.15) is 26.7 Å². The number of carbonyl (C=O) groups is 3. The van der Waals surface area contributed by atoms with Gasteiger partial charge in [0.1, 0.15) is 6.04 Å². The number of nitrogens with one attached hydrogen (secondary N) is 2. The minimum Gasteiger partial charge on any atom is -0.392 e. The summed E-state index contributed by atoms with van der Waals surface area (Å²) < 4.78 is 0. The fourth-order valence-corrected chi connectivity index (χ4v) is 2.50. The van der Waals surface area contributed by atoms with Gasteiger partial charge in [0.2, 0.25) is 11.8 Å². The average molecular weight is 269 g/mol. The zero-order chi connectivity index (χ0) is 14.2. The molecule has 3 atom stereocenters. The maximum Gasteiger partial charge on any atom is 0.252 e. The van der Waals surface area contributed by atoms with Crippen molar-refractivity contribution < 1.29 is 19.5 Å². The number of aliphatic hydroxyl groups is 1. The quantitative estimate of drug-likeness (QED) is 0.534. The summed E-state index contributed by atoms with van der Waals surface area (Å²) in [5.41, 5.74) is 0. The number of carbonyl (C=O) groups excluding carboxylic acids is 3. The Morgan fingerprint density at radius 2 is 2.16 bits per heavy atom. The number of hydrogen-bond donors (Lipinski definition) is 3. The Bertz CT molecular complexity index is 410. The Morgan fingerprint density at radius 3 is 2.63 bits per heavy atom. The van der Waals surface area contributed by atoms with Gasteiger partial charge < -0.3 is 15.7 Å². The maximum absolute atomic E-state index is 12.0. The molecule has 2 saturated heterocycles. The molecular weight excluding hydrogens is 250 g/mol. The van der Waals surface area contributed by atoms with E-state index < -0.39 is 18.2 Å². The molecule has 2 heterocycles. The first-order valence-electron chi connectivity index (χ1n) is 6.48. The fraction of sp³-hybridized carbons (Fsp3) is 0.750. The molecule has 0 spiro atoms. The van der Waals surface area contributed by atoms with Crippen LogP contribution in [-0.2, 0) is 14.4 Å². The van der Waals surface area contributed by atoms with Gasteiger partial charge in [-0.3, -0.25) is 19.3 Å². The number of imide groups is 1. The summed E-state index contributed by atoms with van der Waals surface area (Å²) in [6.07, 6.45) is -0.198. The first-order chi connectivity index (χ1) is 8.90. The molecular formula is C12H19N3O4. The number of hydrogen-bond acceptors (Lipinski definition) is 5. The van der Waals surface area contributed by atoms with Crippen LogP contribution in [0.25, 0.3) is 0 Å². The van der Waals surface area contributed by atoms with Crippen molar-refractivity contribution in [2.45, 2.75) is 50.9 Å². The molecule has 3 unspecified atom stereocenters. The van der Waals surface area contributed by atoms with Crippen LogP contribution in [0.3, 0.4) is 0 Å². The van der Waals surface area contributed by atoms with Gasteiger partial charge in [0.05, 0.1) is 18.6 Å². The largest absolute Gasteiger partial charge is 0.392 e. The van der Waals surface area contributed by atoms with Gasteiger partial charge in [-0.25, -0.2) is 0 Å². The number of aliphatic hydroxyl groups excluding tert-OH is 1. The minimum atomic E-state index is -0.776. The van der Waals surface area contributed by atoms with Crippen molar-refractivity contribution in [3.05, 3.63) is 0 Å².